The number of methoxy groups -OCH3 is 1. The molecule has 11 heteroatoms. The zero-order valence-corrected chi connectivity index (χ0v) is 21.6. The summed E-state index contributed by atoms with van der Waals surface area (Å²) < 4.78 is 63.7. The van der Waals surface area contributed by atoms with E-state index < -0.39 is 37.8 Å². The Balaban J connectivity index is 2.12. The van der Waals surface area contributed by atoms with Gasteiger partial charge in [0, 0.05) is 35.7 Å². The van der Waals surface area contributed by atoms with Gasteiger partial charge in [-0.05, 0) is 38.1 Å². The Hall–Kier alpha value is -3.50. The first-order chi connectivity index (χ1) is 17.0. The Kier molecular flexibility index (Phi) is 8.00. The largest absolute Gasteiger partial charge is 0.480 e. The van der Waals surface area contributed by atoms with Crippen LogP contribution in [-0.2, 0) is 14.8 Å². The topological polar surface area (TPSA) is 88.6 Å². The number of carbonyl (C=O) groups is 1. The summed E-state index contributed by atoms with van der Waals surface area (Å²) in [6, 6.07) is 3.02. The molecule has 1 N–H and O–H groups in total. The van der Waals surface area contributed by atoms with E-state index in [1.54, 1.807) is 31.7 Å². The van der Waals surface area contributed by atoms with Crippen molar-refractivity contribution in [3.8, 4) is 5.88 Å². The van der Waals surface area contributed by atoms with Crippen LogP contribution in [-0.4, -0.2) is 31.2 Å². The third kappa shape index (κ3) is 5.05. The Bertz CT molecular complexity index is 1450. The normalized spacial score (nSPS) is 15.1. The molecule has 1 aliphatic heterocycles. The van der Waals surface area contributed by atoms with Crippen molar-refractivity contribution in [2.24, 2.45) is 0 Å². The molecule has 2 heterocycles. The number of halogens is 3. The van der Waals surface area contributed by atoms with Gasteiger partial charge in [0.05, 0.1) is 29.1 Å². The minimum Gasteiger partial charge on any atom is -0.480 e. The molecule has 0 saturated heterocycles. The summed E-state index contributed by atoms with van der Waals surface area (Å²) >= 11 is 5.88. The fourth-order valence-corrected chi connectivity index (χ4v) is 5.15. The Morgan fingerprint density at radius 3 is 2.61 bits per heavy atom. The second-order valence-corrected chi connectivity index (χ2v) is 9.81. The summed E-state index contributed by atoms with van der Waals surface area (Å²) in [5.74, 6) is -2.38. The van der Waals surface area contributed by atoms with Gasteiger partial charge in [0.1, 0.15) is 5.82 Å². The van der Waals surface area contributed by atoms with E-state index in [-0.39, 0.29) is 22.3 Å². The minimum atomic E-state index is -4.41. The van der Waals surface area contributed by atoms with Crippen molar-refractivity contribution in [2.75, 3.05) is 11.8 Å². The number of Topliss-reactive ketones (excluding diaryl/α,β-unsaturated/α-hetero) is 1. The lowest BCUT2D eigenvalue weighted by atomic mass is 9.96. The molecule has 190 valence electrons. The maximum absolute atomic E-state index is 15.7. The predicted molar refractivity (Wildman–Crippen MR) is 135 cm³/mol. The van der Waals surface area contributed by atoms with Gasteiger partial charge >= 0.3 is 0 Å². The van der Waals surface area contributed by atoms with E-state index in [1.165, 1.54) is 25.6 Å². The molecule has 0 amide bonds. The average Bonchev–Trinajstić information content (AvgIpc) is 2.85. The van der Waals surface area contributed by atoms with Gasteiger partial charge in [-0.2, -0.15) is 0 Å². The molecule has 0 fully saturated rings. The van der Waals surface area contributed by atoms with Gasteiger partial charge in [0.25, 0.3) is 10.0 Å². The molecule has 2 aromatic rings. The summed E-state index contributed by atoms with van der Waals surface area (Å²) in [7, 11) is -3.19. The molecule has 0 spiro atoms. The number of anilines is 1. The molecule has 0 unspecified atom stereocenters. The van der Waals surface area contributed by atoms with Crippen LogP contribution in [0.5, 0.6) is 5.88 Å². The van der Waals surface area contributed by atoms with Crippen molar-refractivity contribution in [1.29, 1.82) is 0 Å². The van der Waals surface area contributed by atoms with E-state index >= 15 is 4.39 Å². The summed E-state index contributed by atoms with van der Waals surface area (Å²) in [5, 5.41) is 0.0230. The third-order valence-corrected chi connectivity index (χ3v) is 7.16. The van der Waals surface area contributed by atoms with Crippen LogP contribution in [0.3, 0.4) is 0 Å². The summed E-state index contributed by atoms with van der Waals surface area (Å²) in [6.07, 6.45) is 5.96. The number of nitrogens with zero attached hydrogens (tertiary/aromatic N) is 2. The van der Waals surface area contributed by atoms with Crippen LogP contribution in [0, 0.1) is 11.6 Å². The molecule has 0 saturated carbocycles. The lowest BCUT2D eigenvalue weighted by Gasteiger charge is -2.29. The number of nitrogens with one attached hydrogen (secondary N) is 1. The zero-order valence-electron chi connectivity index (χ0n) is 20.0. The maximum atomic E-state index is 15.7. The van der Waals surface area contributed by atoms with E-state index in [4.69, 9.17) is 16.3 Å². The smallest absolute Gasteiger partial charge is 0.267 e. The number of carbonyl (C=O) groups excluding carboxylic acids is 1. The Morgan fingerprint density at radius 1 is 1.31 bits per heavy atom. The van der Waals surface area contributed by atoms with Gasteiger partial charge in [-0.15, -0.1) is 0 Å². The average molecular weight is 536 g/mol. The number of benzene rings is 1. The van der Waals surface area contributed by atoms with E-state index in [2.05, 4.69) is 16.3 Å². The first kappa shape index (κ1) is 27.1. The molecule has 7 nitrogen and oxygen atoms in total. The van der Waals surface area contributed by atoms with Crippen molar-refractivity contribution in [3.63, 3.8) is 0 Å². The van der Waals surface area contributed by atoms with E-state index in [9.17, 15) is 17.6 Å². The molecule has 0 atom stereocenters. The first-order valence-electron chi connectivity index (χ1n) is 10.7. The highest BCUT2D eigenvalue weighted by atomic mass is 35.5. The van der Waals surface area contributed by atoms with Gasteiger partial charge < -0.3 is 9.64 Å². The molecule has 1 aromatic carbocycles. The van der Waals surface area contributed by atoms with Crippen molar-refractivity contribution < 1.29 is 26.7 Å². The number of sulfonamides is 1. The fraction of sp³-hybridized carbons (Fsp3) is 0.200. The van der Waals surface area contributed by atoms with Gasteiger partial charge in [-0.1, -0.05) is 31.2 Å². The van der Waals surface area contributed by atoms with Crippen LogP contribution >= 0.6 is 11.6 Å². The highest BCUT2D eigenvalue weighted by molar-refractivity contribution is 7.92. The molecular formula is C25H24ClF2N3O4S. The summed E-state index contributed by atoms with van der Waals surface area (Å²) in [6.45, 7) is 8.76. The number of hydrogen-bond acceptors (Lipinski definition) is 6. The van der Waals surface area contributed by atoms with Gasteiger partial charge in [0.2, 0.25) is 5.88 Å². The van der Waals surface area contributed by atoms with Crippen LogP contribution in [0.1, 0.15) is 32.8 Å². The Morgan fingerprint density at radius 2 is 2.00 bits per heavy atom. The van der Waals surface area contributed by atoms with Crippen LogP contribution < -0.4 is 9.46 Å². The summed E-state index contributed by atoms with van der Waals surface area (Å²) in [4.78, 5) is 17.2. The third-order valence-electron chi connectivity index (χ3n) is 5.60. The Labute approximate surface area is 213 Å². The number of pyridine rings is 1. The van der Waals surface area contributed by atoms with Crippen LogP contribution in [0.25, 0.3) is 5.57 Å². The highest BCUT2D eigenvalue weighted by Crippen LogP contribution is 2.37. The lowest BCUT2D eigenvalue weighted by molar-refractivity contribution is -0.115. The number of rotatable bonds is 8. The van der Waals surface area contributed by atoms with Crippen molar-refractivity contribution >= 4 is 38.7 Å². The van der Waals surface area contributed by atoms with Gasteiger partial charge in [-0.3, -0.25) is 9.52 Å². The van der Waals surface area contributed by atoms with Crippen LogP contribution in [0.2, 0.25) is 5.02 Å². The molecule has 3 rings (SSSR count). The van der Waals surface area contributed by atoms with Crippen LogP contribution in [0.15, 0.2) is 71.2 Å². The molecule has 0 bridgehead atoms. The van der Waals surface area contributed by atoms with Crippen molar-refractivity contribution in [2.45, 2.75) is 32.1 Å². The molecule has 36 heavy (non-hydrogen) atoms. The monoisotopic (exact) mass is 535 g/mol. The number of ether oxygens (including phenoxy) is 1. The molecule has 0 radical (unpaired) electrons. The number of ketones is 1. The first-order valence-corrected chi connectivity index (χ1v) is 12.6. The van der Waals surface area contributed by atoms with E-state index in [0.29, 0.717) is 23.4 Å². The summed E-state index contributed by atoms with van der Waals surface area (Å²) in [5.41, 5.74) is 0.587. The fourth-order valence-electron chi connectivity index (χ4n) is 3.72. The second-order valence-electron chi connectivity index (χ2n) is 7.72. The molecule has 1 aromatic heterocycles. The lowest BCUT2D eigenvalue weighted by Crippen LogP contribution is -2.21. The maximum Gasteiger partial charge on any atom is 0.267 e. The SMILES string of the molecule is C=CN1C(C)=C(c2c(F)ccc(NS(=O)(=O)c3cc(Cl)cnc3OC)c2F)C=C/C1=C(/C)C(=O)CC. The van der Waals surface area contributed by atoms with E-state index in [0.717, 1.165) is 18.2 Å². The number of hydrogen-bond donors (Lipinski definition) is 1. The van der Waals surface area contributed by atoms with E-state index in [1.807, 2.05) is 0 Å². The molecular weight excluding hydrogens is 512 g/mol. The minimum absolute atomic E-state index is 0.0230. The van der Waals surface area contributed by atoms with Crippen molar-refractivity contribution in [1.82, 2.24) is 9.88 Å². The highest BCUT2D eigenvalue weighted by Gasteiger charge is 2.27. The van der Waals surface area contributed by atoms with Crippen molar-refractivity contribution in [3.05, 3.63) is 88.5 Å². The predicted octanol–water partition coefficient (Wildman–Crippen LogP) is 5.82. The van der Waals surface area contributed by atoms with Gasteiger partial charge in [0.15, 0.2) is 16.5 Å². The number of allylic oxidation sites excluding steroid dienone is 5. The second kappa shape index (κ2) is 10.6. The standard InChI is InChI=1S/C25H24ClF2N3O4S/c1-6-21(32)14(3)20-11-8-17(15(4)31(20)7-2)23-18(27)9-10-19(24(23)28)30-36(33,34)22-12-16(26)13-29-25(22)35-5/h7-13,30H,2,6H2,1,3-5H3/b20-14+. The zero-order chi connectivity index (χ0) is 26.8. The quantitative estimate of drug-likeness (QED) is 0.428. The number of aromatic nitrogens is 1. The molecule has 0 aliphatic carbocycles. The molecule has 1 aliphatic rings. The van der Waals surface area contributed by atoms with Gasteiger partial charge in [-0.25, -0.2) is 22.2 Å². The van der Waals surface area contributed by atoms with Crippen LogP contribution in [0.4, 0.5) is 14.5 Å².